The summed E-state index contributed by atoms with van der Waals surface area (Å²) in [5.41, 5.74) is 4.46. The molecule has 2 aromatic heterocycles. The second-order valence-electron chi connectivity index (χ2n) is 10.7. The first kappa shape index (κ1) is 25.0. The Morgan fingerprint density at radius 1 is 1.03 bits per heavy atom. The zero-order valence-corrected chi connectivity index (χ0v) is 21.7. The lowest BCUT2D eigenvalue weighted by Crippen LogP contribution is -2.54. The lowest BCUT2D eigenvalue weighted by Gasteiger charge is -2.35. The number of pyridine rings is 1. The maximum Gasteiger partial charge on any atom is 0.262 e. The summed E-state index contributed by atoms with van der Waals surface area (Å²) in [5, 5.41) is 10.1. The molecule has 10 heteroatoms. The number of fused-ring (bicyclic) bond motifs is 1. The highest BCUT2D eigenvalue weighted by Crippen LogP contribution is 2.40. The van der Waals surface area contributed by atoms with Crippen molar-refractivity contribution >= 4 is 29.3 Å². The van der Waals surface area contributed by atoms with Crippen molar-refractivity contribution in [1.82, 2.24) is 25.0 Å². The van der Waals surface area contributed by atoms with E-state index in [0.717, 1.165) is 59.6 Å². The average molecular weight is 527 g/mol. The van der Waals surface area contributed by atoms with Crippen LogP contribution < -0.4 is 10.6 Å². The lowest BCUT2D eigenvalue weighted by molar-refractivity contribution is -0.136. The number of nitrogens with zero attached hydrogens (tertiary/aromatic N) is 4. The summed E-state index contributed by atoms with van der Waals surface area (Å²) in [7, 11) is 0. The SMILES string of the molecule is Cc1ccc(-c2cnn([C@H]3C[C@H](CCCNc4ccc5c(c4)C(=O)N(C4CCC(=O)NC4=O)C5=O)C3)c2)nc1. The summed E-state index contributed by atoms with van der Waals surface area (Å²) in [5.74, 6) is -1.32. The fourth-order valence-corrected chi connectivity index (χ4v) is 5.67. The van der Waals surface area contributed by atoms with Gasteiger partial charge in [0.1, 0.15) is 6.04 Å². The molecule has 1 saturated heterocycles. The van der Waals surface area contributed by atoms with Gasteiger partial charge in [-0.25, -0.2) is 0 Å². The van der Waals surface area contributed by atoms with Crippen LogP contribution in [0.5, 0.6) is 0 Å². The van der Waals surface area contributed by atoms with Crippen molar-refractivity contribution in [3.8, 4) is 11.3 Å². The van der Waals surface area contributed by atoms with Crippen molar-refractivity contribution in [2.75, 3.05) is 11.9 Å². The monoisotopic (exact) mass is 526 g/mol. The number of hydrogen-bond acceptors (Lipinski definition) is 7. The van der Waals surface area contributed by atoms with Gasteiger partial charge in [0.05, 0.1) is 29.1 Å². The van der Waals surface area contributed by atoms with Gasteiger partial charge in [0, 0.05) is 36.6 Å². The molecule has 0 bridgehead atoms. The Morgan fingerprint density at radius 2 is 1.85 bits per heavy atom. The Balaban J connectivity index is 0.972. The Bertz CT molecular complexity index is 1460. The van der Waals surface area contributed by atoms with Gasteiger partial charge in [0.25, 0.3) is 11.8 Å². The number of anilines is 1. The number of carbonyl (C=O) groups excluding carboxylic acids is 4. The predicted octanol–water partition coefficient (Wildman–Crippen LogP) is 3.50. The third-order valence-corrected chi connectivity index (χ3v) is 7.95. The molecule has 1 saturated carbocycles. The van der Waals surface area contributed by atoms with E-state index in [0.29, 0.717) is 12.0 Å². The van der Waals surface area contributed by atoms with E-state index in [4.69, 9.17) is 0 Å². The Labute approximate surface area is 225 Å². The zero-order chi connectivity index (χ0) is 27.1. The number of rotatable bonds is 8. The minimum atomic E-state index is -0.953. The third-order valence-electron chi connectivity index (χ3n) is 7.95. The molecular weight excluding hydrogens is 496 g/mol. The number of nitrogens with one attached hydrogen (secondary N) is 2. The van der Waals surface area contributed by atoms with Crippen LogP contribution in [-0.2, 0) is 9.59 Å². The Kier molecular flexibility index (Phi) is 6.46. The molecule has 1 atom stereocenters. The first-order valence-corrected chi connectivity index (χ1v) is 13.4. The van der Waals surface area contributed by atoms with E-state index in [-0.39, 0.29) is 29.9 Å². The van der Waals surface area contributed by atoms with Gasteiger partial charge < -0.3 is 5.32 Å². The van der Waals surface area contributed by atoms with Gasteiger partial charge >= 0.3 is 0 Å². The summed E-state index contributed by atoms with van der Waals surface area (Å²) in [6.45, 7) is 2.78. The van der Waals surface area contributed by atoms with Crippen molar-refractivity contribution in [2.24, 2.45) is 5.92 Å². The van der Waals surface area contributed by atoms with Crippen LogP contribution in [0.4, 0.5) is 5.69 Å². The van der Waals surface area contributed by atoms with Crippen molar-refractivity contribution in [3.63, 3.8) is 0 Å². The fourth-order valence-electron chi connectivity index (χ4n) is 5.67. The molecule has 10 nitrogen and oxygen atoms in total. The van der Waals surface area contributed by atoms with Gasteiger partial charge in [-0.05, 0) is 74.8 Å². The second-order valence-corrected chi connectivity index (χ2v) is 10.7. The molecule has 39 heavy (non-hydrogen) atoms. The Morgan fingerprint density at radius 3 is 2.62 bits per heavy atom. The summed E-state index contributed by atoms with van der Waals surface area (Å²) in [6, 6.07) is 8.65. The van der Waals surface area contributed by atoms with Crippen LogP contribution >= 0.6 is 0 Å². The van der Waals surface area contributed by atoms with Crippen LogP contribution in [0, 0.1) is 12.8 Å². The van der Waals surface area contributed by atoms with E-state index >= 15 is 0 Å². The first-order valence-electron chi connectivity index (χ1n) is 13.4. The van der Waals surface area contributed by atoms with Crippen molar-refractivity contribution in [3.05, 3.63) is 65.6 Å². The molecule has 3 aromatic rings. The standard InChI is InChI=1S/C29H30N6O4/c1-17-4-7-24(31-14-17)19-15-32-34(16-19)21-11-18(12-21)3-2-10-30-20-5-6-22-23(13-20)29(39)35(28(22)38)25-8-9-26(36)33-27(25)37/h4-7,13-16,18,21,25,30H,2-3,8-12H2,1H3,(H,33,36,37)/t18-,21-,25?. The number of piperidine rings is 1. The molecule has 4 heterocycles. The maximum atomic E-state index is 13.0. The van der Waals surface area contributed by atoms with E-state index < -0.39 is 23.8 Å². The van der Waals surface area contributed by atoms with Gasteiger partial charge in [-0.2, -0.15) is 5.10 Å². The van der Waals surface area contributed by atoms with Crippen LogP contribution in [0.2, 0.25) is 0 Å². The first-order chi connectivity index (χ1) is 18.9. The van der Waals surface area contributed by atoms with Gasteiger partial charge in [0.15, 0.2) is 0 Å². The van der Waals surface area contributed by atoms with E-state index in [9.17, 15) is 19.2 Å². The number of aryl methyl sites for hydroxylation is 1. The molecule has 200 valence electrons. The van der Waals surface area contributed by atoms with Crippen LogP contribution in [0.25, 0.3) is 11.3 Å². The molecule has 1 aromatic carbocycles. The highest BCUT2D eigenvalue weighted by molar-refractivity contribution is 6.23. The molecule has 6 rings (SSSR count). The van der Waals surface area contributed by atoms with Crippen LogP contribution in [-0.4, -0.2) is 55.9 Å². The van der Waals surface area contributed by atoms with Crippen LogP contribution in [0.3, 0.4) is 0 Å². The average Bonchev–Trinajstić information content (AvgIpc) is 3.47. The maximum absolute atomic E-state index is 13.0. The highest BCUT2D eigenvalue weighted by Gasteiger charge is 2.44. The Hall–Kier alpha value is -4.34. The van der Waals surface area contributed by atoms with E-state index in [2.05, 4.69) is 37.7 Å². The fraction of sp³-hybridized carbons (Fsp3) is 0.379. The van der Waals surface area contributed by atoms with Crippen molar-refractivity contribution in [2.45, 2.75) is 57.5 Å². The minimum absolute atomic E-state index is 0.103. The number of hydrogen-bond donors (Lipinski definition) is 2. The summed E-state index contributed by atoms with van der Waals surface area (Å²) < 4.78 is 2.06. The van der Waals surface area contributed by atoms with Gasteiger partial charge in [0.2, 0.25) is 11.8 Å². The van der Waals surface area contributed by atoms with Crippen molar-refractivity contribution in [1.29, 1.82) is 0 Å². The molecule has 1 unspecified atom stereocenters. The minimum Gasteiger partial charge on any atom is -0.385 e. The highest BCUT2D eigenvalue weighted by atomic mass is 16.2. The van der Waals surface area contributed by atoms with Gasteiger partial charge in [-0.1, -0.05) is 6.07 Å². The summed E-state index contributed by atoms with van der Waals surface area (Å²) in [6.07, 6.45) is 10.4. The van der Waals surface area contributed by atoms with Crippen LogP contribution in [0.1, 0.15) is 70.8 Å². The normalized spacial score (nSPS) is 22.5. The van der Waals surface area contributed by atoms with Crippen molar-refractivity contribution < 1.29 is 19.2 Å². The van der Waals surface area contributed by atoms with Gasteiger partial charge in [-0.15, -0.1) is 0 Å². The second kappa shape index (κ2) is 10.1. The summed E-state index contributed by atoms with van der Waals surface area (Å²) >= 11 is 0. The van der Waals surface area contributed by atoms with E-state index in [1.807, 2.05) is 25.4 Å². The smallest absolute Gasteiger partial charge is 0.262 e. The van der Waals surface area contributed by atoms with Gasteiger partial charge in [-0.3, -0.25) is 39.1 Å². The number of aromatic nitrogens is 3. The molecule has 1 aliphatic carbocycles. The third kappa shape index (κ3) is 4.82. The molecule has 2 N–H and O–H groups in total. The molecule has 0 spiro atoms. The predicted molar refractivity (Wildman–Crippen MR) is 143 cm³/mol. The quantitative estimate of drug-likeness (QED) is 0.340. The largest absolute Gasteiger partial charge is 0.385 e. The lowest BCUT2D eigenvalue weighted by atomic mass is 9.77. The molecule has 3 aliphatic rings. The number of imide groups is 2. The zero-order valence-electron chi connectivity index (χ0n) is 21.7. The molecule has 2 aliphatic heterocycles. The number of amides is 4. The topological polar surface area (TPSA) is 126 Å². The van der Waals surface area contributed by atoms with E-state index in [1.54, 1.807) is 18.2 Å². The van der Waals surface area contributed by atoms with Crippen LogP contribution in [0.15, 0.2) is 48.9 Å². The molecule has 2 fully saturated rings. The number of carbonyl (C=O) groups is 4. The molecular formula is C29H30N6O4. The molecule has 0 radical (unpaired) electrons. The number of benzene rings is 1. The molecule has 4 amide bonds. The van der Waals surface area contributed by atoms with E-state index in [1.165, 1.54) is 0 Å². The summed E-state index contributed by atoms with van der Waals surface area (Å²) in [4.78, 5) is 55.0.